The van der Waals surface area contributed by atoms with Crippen LogP contribution in [0.4, 0.5) is 8.78 Å². The molecule has 0 aliphatic carbocycles. The molecule has 1 aliphatic heterocycles. The molecule has 0 saturated carbocycles. The summed E-state index contributed by atoms with van der Waals surface area (Å²) in [6.07, 6.45) is 2.14. The van der Waals surface area contributed by atoms with Gasteiger partial charge in [-0.25, -0.2) is 8.78 Å². The quantitative estimate of drug-likeness (QED) is 0.891. The average molecular weight is 254 g/mol. The molecule has 18 heavy (non-hydrogen) atoms. The Labute approximate surface area is 107 Å². The van der Waals surface area contributed by atoms with Crippen LogP contribution in [-0.4, -0.2) is 30.6 Å². The highest BCUT2D eigenvalue weighted by Crippen LogP contribution is 2.21. The zero-order valence-corrected chi connectivity index (χ0v) is 10.9. The average Bonchev–Trinajstić information content (AvgIpc) is 2.34. The number of nitrogens with zero attached hydrogens (tertiary/aromatic N) is 1. The van der Waals surface area contributed by atoms with Gasteiger partial charge in [-0.05, 0) is 32.9 Å². The number of piperidine rings is 1. The molecule has 0 spiro atoms. The summed E-state index contributed by atoms with van der Waals surface area (Å²) >= 11 is 0. The van der Waals surface area contributed by atoms with Gasteiger partial charge in [-0.1, -0.05) is 6.07 Å². The summed E-state index contributed by atoms with van der Waals surface area (Å²) < 4.78 is 26.4. The van der Waals surface area contributed by atoms with Gasteiger partial charge in [0.1, 0.15) is 11.6 Å². The zero-order chi connectivity index (χ0) is 13.1. The molecule has 1 fully saturated rings. The summed E-state index contributed by atoms with van der Waals surface area (Å²) in [5.74, 6) is -0.962. The first-order chi connectivity index (χ1) is 8.60. The molecule has 1 aromatic carbocycles. The van der Waals surface area contributed by atoms with Crippen molar-refractivity contribution in [2.45, 2.75) is 38.4 Å². The van der Waals surface area contributed by atoms with Crippen LogP contribution in [0.2, 0.25) is 0 Å². The Morgan fingerprint density at radius 2 is 2.17 bits per heavy atom. The molecule has 1 heterocycles. The van der Waals surface area contributed by atoms with Crippen LogP contribution in [0.5, 0.6) is 0 Å². The fraction of sp³-hybridized carbons (Fsp3) is 0.571. The molecular formula is C14H20F2N2. The lowest BCUT2D eigenvalue weighted by atomic mass is 9.98. The number of halogens is 2. The smallest absolute Gasteiger partial charge is 0.130 e. The van der Waals surface area contributed by atoms with E-state index in [-0.39, 0.29) is 0 Å². The van der Waals surface area contributed by atoms with Gasteiger partial charge in [0.2, 0.25) is 0 Å². The summed E-state index contributed by atoms with van der Waals surface area (Å²) in [5.41, 5.74) is 0.575. The van der Waals surface area contributed by atoms with Gasteiger partial charge < -0.3 is 5.32 Å². The molecule has 1 aliphatic rings. The van der Waals surface area contributed by atoms with Crippen LogP contribution in [0.1, 0.15) is 25.3 Å². The maximum absolute atomic E-state index is 13.6. The van der Waals surface area contributed by atoms with Crippen molar-refractivity contribution in [1.82, 2.24) is 10.2 Å². The van der Waals surface area contributed by atoms with Gasteiger partial charge in [0.05, 0.1) is 0 Å². The molecule has 2 nitrogen and oxygen atoms in total. The fourth-order valence-corrected chi connectivity index (χ4v) is 2.59. The summed E-state index contributed by atoms with van der Waals surface area (Å²) in [7, 11) is 1.98. The van der Waals surface area contributed by atoms with Crippen molar-refractivity contribution in [3.8, 4) is 0 Å². The molecule has 2 unspecified atom stereocenters. The molecule has 1 aromatic rings. The minimum Gasteiger partial charge on any atom is -0.317 e. The van der Waals surface area contributed by atoms with E-state index in [0.29, 0.717) is 24.2 Å². The highest BCUT2D eigenvalue weighted by Gasteiger charge is 2.24. The predicted molar refractivity (Wildman–Crippen MR) is 68.3 cm³/mol. The van der Waals surface area contributed by atoms with Crippen LogP contribution >= 0.6 is 0 Å². The summed E-state index contributed by atoms with van der Waals surface area (Å²) in [6.45, 7) is 3.66. The van der Waals surface area contributed by atoms with Crippen molar-refractivity contribution >= 4 is 0 Å². The third kappa shape index (κ3) is 3.06. The lowest BCUT2D eigenvalue weighted by molar-refractivity contribution is 0.130. The van der Waals surface area contributed by atoms with E-state index in [1.807, 2.05) is 7.05 Å². The second-order valence-electron chi connectivity index (χ2n) is 5.07. The Morgan fingerprint density at radius 1 is 1.39 bits per heavy atom. The Balaban J connectivity index is 2.01. The maximum atomic E-state index is 13.6. The molecule has 0 radical (unpaired) electrons. The highest BCUT2D eigenvalue weighted by molar-refractivity contribution is 5.18. The maximum Gasteiger partial charge on any atom is 0.130 e. The second kappa shape index (κ2) is 5.76. The van der Waals surface area contributed by atoms with E-state index in [0.717, 1.165) is 25.5 Å². The first kappa shape index (κ1) is 13.4. The second-order valence-corrected chi connectivity index (χ2v) is 5.07. The van der Waals surface area contributed by atoms with Crippen molar-refractivity contribution in [1.29, 1.82) is 0 Å². The van der Waals surface area contributed by atoms with Crippen LogP contribution in [0.3, 0.4) is 0 Å². The van der Waals surface area contributed by atoms with Crippen LogP contribution in [0, 0.1) is 11.6 Å². The minimum atomic E-state index is -0.516. The molecular weight excluding hydrogens is 234 g/mol. The molecule has 4 heteroatoms. The van der Waals surface area contributed by atoms with Crippen molar-refractivity contribution in [2.75, 3.05) is 13.6 Å². The van der Waals surface area contributed by atoms with Gasteiger partial charge in [0, 0.05) is 36.8 Å². The number of nitrogens with one attached hydrogen (secondary N) is 1. The summed E-state index contributed by atoms with van der Waals surface area (Å²) in [5, 5.41) is 3.29. The van der Waals surface area contributed by atoms with E-state index in [4.69, 9.17) is 0 Å². The lowest BCUT2D eigenvalue weighted by Gasteiger charge is -2.37. The molecule has 100 valence electrons. The molecule has 0 bridgehead atoms. The Kier molecular flexibility index (Phi) is 4.30. The first-order valence-corrected chi connectivity index (χ1v) is 6.45. The van der Waals surface area contributed by atoms with Gasteiger partial charge in [0.15, 0.2) is 0 Å². The normalized spacial score (nSPS) is 25.3. The Hall–Kier alpha value is -1.00. The Morgan fingerprint density at radius 3 is 2.78 bits per heavy atom. The SMILES string of the molecule is CNC1CCN(Cc2ccc(F)cc2F)C(C)C1. The van der Waals surface area contributed by atoms with Gasteiger partial charge in [-0.2, -0.15) is 0 Å². The van der Waals surface area contributed by atoms with E-state index in [9.17, 15) is 8.78 Å². The first-order valence-electron chi connectivity index (χ1n) is 6.45. The lowest BCUT2D eigenvalue weighted by Crippen LogP contribution is -2.46. The van der Waals surface area contributed by atoms with E-state index < -0.39 is 11.6 Å². The summed E-state index contributed by atoms with van der Waals surface area (Å²) in [6, 6.07) is 4.79. The molecule has 2 atom stereocenters. The number of hydrogen-bond acceptors (Lipinski definition) is 2. The molecule has 0 amide bonds. The summed E-state index contributed by atoms with van der Waals surface area (Å²) in [4.78, 5) is 2.25. The molecule has 2 rings (SSSR count). The van der Waals surface area contributed by atoms with E-state index >= 15 is 0 Å². The van der Waals surface area contributed by atoms with E-state index in [2.05, 4.69) is 17.1 Å². The third-order valence-electron chi connectivity index (χ3n) is 3.81. The van der Waals surface area contributed by atoms with Gasteiger partial charge in [-0.15, -0.1) is 0 Å². The van der Waals surface area contributed by atoms with Crippen molar-refractivity contribution < 1.29 is 8.78 Å². The molecule has 0 aromatic heterocycles. The highest BCUT2D eigenvalue weighted by atomic mass is 19.1. The van der Waals surface area contributed by atoms with Crippen molar-refractivity contribution in [3.63, 3.8) is 0 Å². The molecule has 1 saturated heterocycles. The topological polar surface area (TPSA) is 15.3 Å². The third-order valence-corrected chi connectivity index (χ3v) is 3.81. The van der Waals surface area contributed by atoms with Crippen LogP contribution in [0.25, 0.3) is 0 Å². The minimum absolute atomic E-state index is 0.417. The van der Waals surface area contributed by atoms with Crippen molar-refractivity contribution in [2.24, 2.45) is 0 Å². The van der Waals surface area contributed by atoms with Crippen LogP contribution in [0.15, 0.2) is 18.2 Å². The van der Waals surface area contributed by atoms with Gasteiger partial charge >= 0.3 is 0 Å². The number of hydrogen-bond donors (Lipinski definition) is 1. The van der Waals surface area contributed by atoms with Crippen LogP contribution in [-0.2, 0) is 6.54 Å². The van der Waals surface area contributed by atoms with Crippen LogP contribution < -0.4 is 5.32 Å². The number of likely N-dealkylation sites (tertiary alicyclic amines) is 1. The van der Waals surface area contributed by atoms with Gasteiger partial charge in [0.25, 0.3) is 0 Å². The fourth-order valence-electron chi connectivity index (χ4n) is 2.59. The van der Waals surface area contributed by atoms with Gasteiger partial charge in [-0.3, -0.25) is 4.90 Å². The monoisotopic (exact) mass is 254 g/mol. The number of benzene rings is 1. The van der Waals surface area contributed by atoms with E-state index in [1.165, 1.54) is 6.07 Å². The molecule has 1 N–H and O–H groups in total. The predicted octanol–water partition coefficient (Wildman–Crippen LogP) is 2.54. The standard InChI is InChI=1S/C14H20F2N2/c1-10-7-13(17-2)5-6-18(10)9-11-3-4-12(15)8-14(11)16/h3-4,8,10,13,17H,5-7,9H2,1-2H3. The zero-order valence-electron chi connectivity index (χ0n) is 10.9. The largest absolute Gasteiger partial charge is 0.317 e. The number of rotatable bonds is 3. The Bertz CT molecular complexity index is 409. The van der Waals surface area contributed by atoms with E-state index in [1.54, 1.807) is 6.07 Å². The van der Waals surface area contributed by atoms with Crippen molar-refractivity contribution in [3.05, 3.63) is 35.4 Å².